The fraction of sp³-hybridized carbons (Fsp3) is 0. The second kappa shape index (κ2) is 11.6. The van der Waals surface area contributed by atoms with Gasteiger partial charge in [0.05, 0.1) is 63.5 Å². The topological polar surface area (TPSA) is 90.6 Å². The van der Waals surface area contributed by atoms with Gasteiger partial charge in [0.2, 0.25) is 0 Å². The monoisotopic (exact) mass is 610 g/mol. The number of pyridine rings is 1. The Labute approximate surface area is 276 Å². The molecule has 6 aromatic carbocycles. The standard InChI is InChI=1S/C42H22N6/c1-45-35-23-36-42(48-41(29-13-6-3-7-14-29)40(47-36)28-11-4-2-5-12-28)38-37(35)33-17-8-9-18-34(33)46-39(38)31-16-10-15-30(22-31)32-20-26(24-43)19-27(21-32)25-44/h2-23H. The first-order valence-corrected chi connectivity index (χ1v) is 15.3. The number of benzene rings is 6. The predicted octanol–water partition coefficient (Wildman–Crippen LogP) is 10.3. The predicted molar refractivity (Wildman–Crippen MR) is 190 cm³/mol. The van der Waals surface area contributed by atoms with E-state index in [2.05, 4.69) is 17.0 Å². The van der Waals surface area contributed by atoms with E-state index < -0.39 is 0 Å². The van der Waals surface area contributed by atoms with Gasteiger partial charge in [-0.25, -0.2) is 19.8 Å². The molecule has 0 bridgehead atoms. The molecule has 0 atom stereocenters. The lowest BCUT2D eigenvalue weighted by molar-refractivity contribution is 1.30. The zero-order valence-electron chi connectivity index (χ0n) is 25.4. The molecular formula is C42H22N6. The molecule has 0 aliphatic rings. The molecule has 8 aromatic rings. The van der Waals surface area contributed by atoms with Crippen LogP contribution in [-0.2, 0) is 0 Å². The third kappa shape index (κ3) is 4.77. The highest BCUT2D eigenvalue weighted by Gasteiger charge is 2.22. The van der Waals surface area contributed by atoms with E-state index in [0.29, 0.717) is 33.5 Å². The summed E-state index contributed by atoms with van der Waals surface area (Å²) < 4.78 is 0. The minimum absolute atomic E-state index is 0.411. The van der Waals surface area contributed by atoms with Crippen molar-refractivity contribution in [3.8, 4) is 57.0 Å². The lowest BCUT2D eigenvalue weighted by Gasteiger charge is -2.17. The number of hydrogen-bond donors (Lipinski definition) is 0. The van der Waals surface area contributed by atoms with Gasteiger partial charge in [-0.3, -0.25) is 0 Å². The van der Waals surface area contributed by atoms with Crippen LogP contribution < -0.4 is 0 Å². The third-order valence-corrected chi connectivity index (χ3v) is 8.46. The van der Waals surface area contributed by atoms with Gasteiger partial charge in [-0.15, -0.1) is 0 Å². The van der Waals surface area contributed by atoms with Gasteiger partial charge in [0.1, 0.15) is 0 Å². The van der Waals surface area contributed by atoms with Crippen molar-refractivity contribution in [2.75, 3.05) is 0 Å². The summed E-state index contributed by atoms with van der Waals surface area (Å²) in [5.74, 6) is 0. The molecule has 0 saturated carbocycles. The highest BCUT2D eigenvalue weighted by atomic mass is 14.8. The zero-order chi connectivity index (χ0) is 32.6. The number of para-hydroxylation sites is 1. The van der Waals surface area contributed by atoms with E-state index in [-0.39, 0.29) is 0 Å². The van der Waals surface area contributed by atoms with Gasteiger partial charge in [-0.05, 0) is 52.9 Å². The molecule has 0 amide bonds. The Morgan fingerprint density at radius 2 is 1.06 bits per heavy atom. The number of aromatic nitrogens is 3. The molecule has 6 heteroatoms. The van der Waals surface area contributed by atoms with E-state index in [1.807, 2.05) is 115 Å². The Hall–Kier alpha value is -7.20. The number of hydrogen-bond acceptors (Lipinski definition) is 5. The molecule has 0 aliphatic heterocycles. The van der Waals surface area contributed by atoms with Crippen molar-refractivity contribution in [2.24, 2.45) is 0 Å². The molecule has 0 aliphatic carbocycles. The first-order chi connectivity index (χ1) is 23.6. The molecule has 220 valence electrons. The summed E-state index contributed by atoms with van der Waals surface area (Å²) in [4.78, 5) is 19.8. The molecule has 0 fully saturated rings. The van der Waals surface area contributed by atoms with Gasteiger partial charge in [0.25, 0.3) is 0 Å². The zero-order valence-corrected chi connectivity index (χ0v) is 25.4. The van der Waals surface area contributed by atoms with Crippen LogP contribution in [0.1, 0.15) is 11.1 Å². The van der Waals surface area contributed by atoms with Crippen LogP contribution in [0.25, 0.3) is 82.5 Å². The summed E-state index contributed by atoms with van der Waals surface area (Å²) in [7, 11) is 0. The van der Waals surface area contributed by atoms with Crippen LogP contribution in [0.3, 0.4) is 0 Å². The first kappa shape index (κ1) is 28.3. The maximum atomic E-state index is 9.62. The average Bonchev–Trinajstić information content (AvgIpc) is 3.17. The molecule has 0 spiro atoms. The van der Waals surface area contributed by atoms with E-state index in [9.17, 15) is 10.5 Å². The summed E-state index contributed by atoms with van der Waals surface area (Å²) in [6.45, 7) is 8.27. The van der Waals surface area contributed by atoms with Crippen LogP contribution in [0.2, 0.25) is 0 Å². The van der Waals surface area contributed by atoms with Crippen LogP contribution in [0, 0.1) is 29.2 Å². The SMILES string of the molecule is [C-]#[N+]c1cc2nc(-c3ccccc3)c(-c3ccccc3)nc2c2c(-c3cccc(-c4cc(C#N)cc(C#N)c4)c3)nc3ccccc3c12. The second-order valence-corrected chi connectivity index (χ2v) is 11.4. The van der Waals surface area contributed by atoms with Crippen molar-refractivity contribution in [1.29, 1.82) is 10.5 Å². The van der Waals surface area contributed by atoms with Crippen molar-refractivity contribution in [3.05, 3.63) is 156 Å². The Kier molecular flexibility index (Phi) is 6.85. The minimum atomic E-state index is 0.411. The van der Waals surface area contributed by atoms with Gasteiger partial charge in [-0.1, -0.05) is 97.1 Å². The molecule has 0 saturated heterocycles. The van der Waals surface area contributed by atoms with E-state index in [0.717, 1.165) is 60.9 Å². The Balaban J connectivity index is 1.50. The molecule has 8 rings (SSSR count). The first-order valence-electron chi connectivity index (χ1n) is 15.3. The molecule has 6 nitrogen and oxygen atoms in total. The van der Waals surface area contributed by atoms with Crippen molar-refractivity contribution in [1.82, 2.24) is 15.0 Å². The molecule has 2 heterocycles. The highest BCUT2D eigenvalue weighted by molar-refractivity contribution is 6.24. The van der Waals surface area contributed by atoms with Crippen LogP contribution in [-0.4, -0.2) is 15.0 Å². The number of rotatable bonds is 4. The van der Waals surface area contributed by atoms with E-state index >= 15 is 0 Å². The maximum absolute atomic E-state index is 9.62. The van der Waals surface area contributed by atoms with Crippen LogP contribution in [0.4, 0.5) is 5.69 Å². The largest absolute Gasteiger partial charge is 0.247 e. The molecule has 0 N–H and O–H groups in total. The minimum Gasteiger partial charge on any atom is -0.247 e. The molecule has 2 aromatic heterocycles. The summed E-state index contributed by atoms with van der Waals surface area (Å²) in [6.07, 6.45) is 0. The summed E-state index contributed by atoms with van der Waals surface area (Å²) in [5, 5.41) is 21.6. The van der Waals surface area contributed by atoms with Crippen molar-refractivity contribution >= 4 is 38.4 Å². The van der Waals surface area contributed by atoms with Gasteiger partial charge in [0.15, 0.2) is 5.69 Å². The molecule has 0 radical (unpaired) electrons. The number of fused-ring (bicyclic) bond motifs is 5. The Morgan fingerprint density at radius 3 is 1.73 bits per heavy atom. The van der Waals surface area contributed by atoms with Gasteiger partial charge in [-0.2, -0.15) is 10.5 Å². The number of nitrogens with zero attached hydrogens (tertiary/aromatic N) is 6. The van der Waals surface area contributed by atoms with Crippen molar-refractivity contribution < 1.29 is 0 Å². The molecule has 0 unspecified atom stereocenters. The lowest BCUT2D eigenvalue weighted by atomic mass is 9.94. The summed E-state index contributed by atoms with van der Waals surface area (Å²) >= 11 is 0. The quantitative estimate of drug-likeness (QED) is 0.146. The van der Waals surface area contributed by atoms with Crippen LogP contribution in [0.15, 0.2) is 133 Å². The summed E-state index contributed by atoms with van der Waals surface area (Å²) in [6, 6.07) is 47.0. The third-order valence-electron chi connectivity index (χ3n) is 8.46. The Bertz CT molecular complexity index is 2660. The normalized spacial score (nSPS) is 10.9. The van der Waals surface area contributed by atoms with Gasteiger partial charge >= 0.3 is 0 Å². The number of nitriles is 2. The summed E-state index contributed by atoms with van der Waals surface area (Å²) in [5.41, 5.74) is 9.66. The van der Waals surface area contributed by atoms with E-state index in [1.54, 1.807) is 18.2 Å². The molecule has 48 heavy (non-hydrogen) atoms. The lowest BCUT2D eigenvalue weighted by Crippen LogP contribution is -1.98. The van der Waals surface area contributed by atoms with Crippen molar-refractivity contribution in [3.63, 3.8) is 0 Å². The van der Waals surface area contributed by atoms with E-state index in [1.165, 1.54) is 0 Å². The maximum Gasteiger partial charge on any atom is 0.197 e. The highest BCUT2D eigenvalue weighted by Crippen LogP contribution is 2.44. The average molecular weight is 611 g/mol. The van der Waals surface area contributed by atoms with Crippen LogP contribution in [0.5, 0.6) is 0 Å². The van der Waals surface area contributed by atoms with Gasteiger partial charge in [0, 0.05) is 27.5 Å². The fourth-order valence-electron chi connectivity index (χ4n) is 6.30. The molecular weight excluding hydrogens is 589 g/mol. The van der Waals surface area contributed by atoms with Gasteiger partial charge < -0.3 is 0 Å². The van der Waals surface area contributed by atoms with Crippen molar-refractivity contribution in [2.45, 2.75) is 0 Å². The fourth-order valence-corrected chi connectivity index (χ4v) is 6.30. The van der Waals surface area contributed by atoms with Crippen LogP contribution >= 0.6 is 0 Å². The second-order valence-electron chi connectivity index (χ2n) is 11.4. The van der Waals surface area contributed by atoms with E-state index in [4.69, 9.17) is 21.5 Å². The smallest absolute Gasteiger partial charge is 0.197 e. The Morgan fingerprint density at radius 1 is 0.479 bits per heavy atom.